The molecule has 0 atom stereocenters. The van der Waals surface area contributed by atoms with Crippen LogP contribution in [0.2, 0.25) is 0 Å². The zero-order valence-electron chi connectivity index (χ0n) is 11.3. The zero-order valence-corrected chi connectivity index (χ0v) is 11.3. The van der Waals surface area contributed by atoms with Gasteiger partial charge in [0.2, 0.25) is 0 Å². The van der Waals surface area contributed by atoms with Crippen LogP contribution in [0.25, 0.3) is 0 Å². The minimum Gasteiger partial charge on any atom is -0.497 e. The maximum Gasteiger partial charge on any atom is 0.159 e. The first kappa shape index (κ1) is 14.8. The van der Waals surface area contributed by atoms with Crippen LogP contribution in [-0.2, 0) is 6.61 Å². The molecule has 2 aromatic carbocycles. The van der Waals surface area contributed by atoms with Gasteiger partial charge in [0.05, 0.1) is 7.11 Å². The van der Waals surface area contributed by atoms with E-state index in [0.717, 1.165) is 12.1 Å². The maximum atomic E-state index is 13.1. The largest absolute Gasteiger partial charge is 0.497 e. The minimum atomic E-state index is -0.925. The molecule has 0 aromatic heterocycles. The second kappa shape index (κ2) is 6.21. The molecule has 0 spiro atoms. The Morgan fingerprint density at radius 1 is 1.10 bits per heavy atom. The van der Waals surface area contributed by atoms with Gasteiger partial charge in [-0.2, -0.15) is 0 Å². The van der Waals surface area contributed by atoms with E-state index in [1.54, 1.807) is 18.2 Å². The van der Waals surface area contributed by atoms with Gasteiger partial charge in [0, 0.05) is 11.6 Å². The third-order valence-electron chi connectivity index (χ3n) is 2.82. The van der Waals surface area contributed by atoms with Gasteiger partial charge < -0.3 is 15.2 Å². The lowest BCUT2D eigenvalue weighted by atomic mass is 10.2. The summed E-state index contributed by atoms with van der Waals surface area (Å²) in [4.78, 5) is 0. The lowest BCUT2D eigenvalue weighted by Gasteiger charge is -2.10. The van der Waals surface area contributed by atoms with Crippen LogP contribution in [-0.4, -0.2) is 12.9 Å². The second-order valence-corrected chi connectivity index (χ2v) is 4.35. The van der Waals surface area contributed by atoms with E-state index in [9.17, 15) is 8.78 Å². The first-order chi connectivity index (χ1) is 9.99. The van der Waals surface area contributed by atoms with Gasteiger partial charge in [0.1, 0.15) is 23.9 Å². The van der Waals surface area contributed by atoms with Gasteiger partial charge in [-0.1, -0.05) is 6.07 Å². The molecule has 4 nitrogen and oxygen atoms in total. The number of nitrogen functional groups attached to an aromatic ring is 1. The molecule has 0 amide bonds. The molecule has 2 aromatic rings. The Morgan fingerprint density at radius 2 is 1.81 bits per heavy atom. The number of halogens is 2. The number of amidine groups is 1. The molecule has 2 rings (SSSR count). The summed E-state index contributed by atoms with van der Waals surface area (Å²) in [5, 5.41) is 7.43. The summed E-state index contributed by atoms with van der Waals surface area (Å²) < 4.78 is 36.5. The van der Waals surface area contributed by atoms with Crippen LogP contribution in [0.5, 0.6) is 11.5 Å². The zero-order chi connectivity index (χ0) is 15.4. The van der Waals surface area contributed by atoms with Crippen molar-refractivity contribution in [3.05, 3.63) is 59.2 Å². The maximum absolute atomic E-state index is 13.1. The standard InChI is InChI=1S/C15H14F2N2O2/c1-20-11-5-10(15(18)19)6-12(7-11)21-8-9-2-3-13(16)14(17)4-9/h2-7H,8H2,1H3,(H3,18,19). The van der Waals surface area contributed by atoms with Crippen LogP contribution < -0.4 is 15.2 Å². The Balaban J connectivity index is 2.17. The topological polar surface area (TPSA) is 68.3 Å². The molecule has 0 unspecified atom stereocenters. The molecule has 0 aliphatic rings. The molecule has 0 saturated carbocycles. The van der Waals surface area contributed by atoms with Crippen LogP contribution >= 0.6 is 0 Å². The average Bonchev–Trinajstić information content (AvgIpc) is 2.48. The predicted octanol–water partition coefficient (Wildman–Crippen LogP) is 2.84. The summed E-state index contributed by atoms with van der Waals surface area (Å²) in [6.07, 6.45) is 0. The van der Waals surface area contributed by atoms with Gasteiger partial charge in [-0.05, 0) is 29.8 Å². The predicted molar refractivity (Wildman–Crippen MR) is 74.7 cm³/mol. The van der Waals surface area contributed by atoms with E-state index < -0.39 is 11.6 Å². The quantitative estimate of drug-likeness (QED) is 0.657. The monoisotopic (exact) mass is 292 g/mol. The summed E-state index contributed by atoms with van der Waals surface area (Å²) in [5.41, 5.74) is 6.37. The fourth-order valence-corrected chi connectivity index (χ4v) is 1.72. The van der Waals surface area contributed by atoms with Gasteiger partial charge >= 0.3 is 0 Å². The van der Waals surface area contributed by atoms with Crippen molar-refractivity contribution >= 4 is 5.84 Å². The van der Waals surface area contributed by atoms with Gasteiger partial charge in [0.25, 0.3) is 0 Å². The summed E-state index contributed by atoms with van der Waals surface area (Å²) in [7, 11) is 1.48. The molecule has 0 bridgehead atoms. The number of ether oxygens (including phenoxy) is 2. The normalized spacial score (nSPS) is 10.2. The molecular weight excluding hydrogens is 278 g/mol. The van der Waals surface area contributed by atoms with E-state index >= 15 is 0 Å². The van der Waals surface area contributed by atoms with Crippen molar-refractivity contribution in [1.29, 1.82) is 5.41 Å². The number of nitrogens with two attached hydrogens (primary N) is 1. The molecule has 110 valence electrons. The van der Waals surface area contributed by atoms with E-state index in [1.807, 2.05) is 0 Å². The SMILES string of the molecule is COc1cc(OCc2ccc(F)c(F)c2)cc(C(=N)N)c1. The molecule has 0 aliphatic carbocycles. The van der Waals surface area contributed by atoms with Gasteiger partial charge in [-0.25, -0.2) is 8.78 Å². The van der Waals surface area contributed by atoms with Crippen molar-refractivity contribution in [2.75, 3.05) is 7.11 Å². The van der Waals surface area contributed by atoms with E-state index in [4.69, 9.17) is 20.6 Å². The smallest absolute Gasteiger partial charge is 0.159 e. The molecule has 6 heteroatoms. The van der Waals surface area contributed by atoms with Crippen molar-refractivity contribution in [2.24, 2.45) is 5.73 Å². The van der Waals surface area contributed by atoms with E-state index in [-0.39, 0.29) is 12.4 Å². The molecule has 0 fully saturated rings. The molecule has 0 radical (unpaired) electrons. The van der Waals surface area contributed by atoms with Crippen molar-refractivity contribution in [2.45, 2.75) is 6.61 Å². The fraction of sp³-hybridized carbons (Fsp3) is 0.133. The average molecular weight is 292 g/mol. The molecule has 3 N–H and O–H groups in total. The molecule has 0 heterocycles. The Hall–Kier alpha value is -2.63. The number of hydrogen-bond donors (Lipinski definition) is 2. The first-order valence-electron chi connectivity index (χ1n) is 6.10. The van der Waals surface area contributed by atoms with E-state index in [1.165, 1.54) is 13.2 Å². The highest BCUT2D eigenvalue weighted by molar-refractivity contribution is 5.95. The van der Waals surface area contributed by atoms with Crippen molar-refractivity contribution < 1.29 is 18.3 Å². The Bertz CT molecular complexity index is 675. The van der Waals surface area contributed by atoms with E-state index in [2.05, 4.69) is 0 Å². The molecule has 21 heavy (non-hydrogen) atoms. The van der Waals surface area contributed by atoms with Crippen molar-refractivity contribution in [1.82, 2.24) is 0 Å². The number of hydrogen-bond acceptors (Lipinski definition) is 3. The minimum absolute atomic E-state index is 0.0573. The number of nitrogens with one attached hydrogen (secondary N) is 1. The van der Waals surface area contributed by atoms with Crippen LogP contribution in [0.3, 0.4) is 0 Å². The Kier molecular flexibility index (Phi) is 4.37. The summed E-state index contributed by atoms with van der Waals surface area (Å²) in [6, 6.07) is 8.34. The van der Waals surface area contributed by atoms with Crippen LogP contribution in [0.1, 0.15) is 11.1 Å². The second-order valence-electron chi connectivity index (χ2n) is 4.35. The van der Waals surface area contributed by atoms with Crippen molar-refractivity contribution in [3.8, 4) is 11.5 Å². The molecule has 0 saturated heterocycles. The highest BCUT2D eigenvalue weighted by Crippen LogP contribution is 2.23. The van der Waals surface area contributed by atoms with Crippen LogP contribution in [0.4, 0.5) is 8.78 Å². The highest BCUT2D eigenvalue weighted by atomic mass is 19.2. The lowest BCUT2D eigenvalue weighted by Crippen LogP contribution is -2.11. The Labute approximate surface area is 120 Å². The van der Waals surface area contributed by atoms with Crippen LogP contribution in [0, 0.1) is 17.0 Å². The number of benzene rings is 2. The molecular formula is C15H14F2N2O2. The number of rotatable bonds is 5. The van der Waals surface area contributed by atoms with Gasteiger partial charge in [-0.15, -0.1) is 0 Å². The van der Waals surface area contributed by atoms with Gasteiger partial charge in [0.15, 0.2) is 11.6 Å². The third-order valence-corrected chi connectivity index (χ3v) is 2.82. The van der Waals surface area contributed by atoms with E-state index in [0.29, 0.717) is 22.6 Å². The summed E-state index contributed by atoms with van der Waals surface area (Å²) in [5.74, 6) is -1.04. The fourth-order valence-electron chi connectivity index (χ4n) is 1.72. The third kappa shape index (κ3) is 3.68. The highest BCUT2D eigenvalue weighted by Gasteiger charge is 2.07. The Morgan fingerprint density at radius 3 is 2.43 bits per heavy atom. The summed E-state index contributed by atoms with van der Waals surface area (Å²) in [6.45, 7) is 0.0573. The lowest BCUT2D eigenvalue weighted by molar-refractivity contribution is 0.302. The summed E-state index contributed by atoms with van der Waals surface area (Å²) >= 11 is 0. The van der Waals surface area contributed by atoms with Gasteiger partial charge in [-0.3, -0.25) is 5.41 Å². The van der Waals surface area contributed by atoms with Crippen LogP contribution in [0.15, 0.2) is 36.4 Å². The number of methoxy groups -OCH3 is 1. The molecule has 0 aliphatic heterocycles. The van der Waals surface area contributed by atoms with Crippen molar-refractivity contribution in [3.63, 3.8) is 0 Å². The first-order valence-corrected chi connectivity index (χ1v) is 6.10.